The van der Waals surface area contributed by atoms with Crippen LogP contribution in [0.5, 0.6) is 0 Å². The number of hydrogen-bond acceptors (Lipinski definition) is 0. The summed E-state index contributed by atoms with van der Waals surface area (Å²) in [5.74, 6) is 1.27. The van der Waals surface area contributed by atoms with Gasteiger partial charge in [-0.2, -0.15) is 0 Å². The molecule has 0 radical (unpaired) electrons. The van der Waals surface area contributed by atoms with E-state index < -0.39 is 0 Å². The van der Waals surface area contributed by atoms with Crippen LogP contribution in [0.25, 0.3) is 5.82 Å². The van der Waals surface area contributed by atoms with E-state index in [0.717, 1.165) is 6.54 Å². The Morgan fingerprint density at radius 3 is 2.19 bits per heavy atom. The summed E-state index contributed by atoms with van der Waals surface area (Å²) in [7, 11) is 0. The largest absolute Gasteiger partial charge is 1.00 e. The summed E-state index contributed by atoms with van der Waals surface area (Å²) in [6.07, 6.45) is 18.4. The Morgan fingerprint density at radius 1 is 0.731 bits per heavy atom. The van der Waals surface area contributed by atoms with Crippen LogP contribution in [0.1, 0.15) is 70.8 Å². The van der Waals surface area contributed by atoms with Gasteiger partial charge in [0.15, 0.2) is 25.1 Å². The van der Waals surface area contributed by atoms with Crippen molar-refractivity contribution in [2.24, 2.45) is 0 Å². The summed E-state index contributed by atoms with van der Waals surface area (Å²) < 4.78 is 4.67. The molecule has 4 heteroatoms. The fourth-order valence-electron chi connectivity index (χ4n) is 3.17. The quantitative estimate of drug-likeness (QED) is 0.284. The van der Waals surface area contributed by atoms with Gasteiger partial charge in [-0.15, -0.1) is 9.13 Å². The molecule has 0 aliphatic rings. The number of aryl methyl sites for hydroxylation is 2. The molecule has 0 saturated heterocycles. The van der Waals surface area contributed by atoms with E-state index in [2.05, 4.69) is 71.9 Å². The Hall–Kier alpha value is -0.740. The van der Waals surface area contributed by atoms with Crippen LogP contribution in [0.2, 0.25) is 0 Å². The van der Waals surface area contributed by atoms with Crippen LogP contribution < -0.4 is 43.1 Å². The molecule has 146 valence electrons. The Kier molecular flexibility index (Phi) is 14.9. The molecule has 2 heterocycles. The first kappa shape index (κ1) is 25.3. The maximum atomic E-state index is 2.39. The summed E-state index contributed by atoms with van der Waals surface area (Å²) in [4.78, 5) is 0. The minimum Gasteiger partial charge on any atom is -1.00 e. The van der Waals surface area contributed by atoms with E-state index >= 15 is 0 Å². The third-order valence-electron chi connectivity index (χ3n) is 4.61. The van der Waals surface area contributed by atoms with E-state index in [1.807, 2.05) is 0 Å². The Balaban J connectivity index is 0.00000312. The van der Waals surface area contributed by atoms with Gasteiger partial charge in [0, 0.05) is 24.1 Å². The van der Waals surface area contributed by atoms with Crippen molar-refractivity contribution < 1.29 is 43.1 Å². The maximum Gasteiger partial charge on any atom is 0.449 e. The van der Waals surface area contributed by atoms with Gasteiger partial charge in [0.2, 0.25) is 0 Å². The van der Waals surface area contributed by atoms with Crippen molar-refractivity contribution in [1.82, 2.24) is 0 Å². The Morgan fingerprint density at radius 2 is 1.46 bits per heavy atom. The lowest BCUT2D eigenvalue weighted by atomic mass is 10.1. The minimum atomic E-state index is 0. The number of rotatable bonds is 11. The molecule has 0 aliphatic carbocycles. The van der Waals surface area contributed by atoms with Crippen LogP contribution in [0.4, 0.5) is 0 Å². The van der Waals surface area contributed by atoms with Crippen LogP contribution in [-0.2, 0) is 13.0 Å². The molecule has 0 aliphatic heterocycles. The standard InChI is InChI=1S/C22H34N2.2BrH/c1-3-5-7-9-14-21-15-13-19-24(20-21)22-16-10-12-18-23(22)17-11-8-6-4-2;;/h10,12-13,15-16,18-20H,3-9,11,14,17H2,1-2H3;2*1H/q+2;;/p-2. The molecule has 0 spiro atoms. The fraction of sp³-hybridized carbons (Fsp3) is 0.545. The predicted molar refractivity (Wildman–Crippen MR) is 100 cm³/mol. The maximum absolute atomic E-state index is 2.39. The average molecular weight is 486 g/mol. The Bertz CT molecular complexity index is 602. The molecule has 0 unspecified atom stereocenters. The van der Waals surface area contributed by atoms with Crippen molar-refractivity contribution >= 4 is 0 Å². The number of nitrogens with zero attached hydrogens (tertiary/aromatic N) is 2. The highest BCUT2D eigenvalue weighted by molar-refractivity contribution is 5.09. The summed E-state index contributed by atoms with van der Waals surface area (Å²) >= 11 is 0. The number of pyridine rings is 2. The monoisotopic (exact) mass is 484 g/mol. The highest BCUT2D eigenvalue weighted by Gasteiger charge is 2.19. The molecule has 2 nitrogen and oxygen atoms in total. The minimum absolute atomic E-state index is 0. The third-order valence-corrected chi connectivity index (χ3v) is 4.61. The van der Waals surface area contributed by atoms with E-state index in [0.29, 0.717) is 0 Å². The molecular formula is C22H34Br2N2. The lowest BCUT2D eigenvalue weighted by Crippen LogP contribution is -3.00. The second-order valence-electron chi connectivity index (χ2n) is 6.74. The highest BCUT2D eigenvalue weighted by atomic mass is 79.9. The molecule has 0 amide bonds. The average Bonchev–Trinajstić information content (AvgIpc) is 2.63. The van der Waals surface area contributed by atoms with E-state index in [1.165, 1.54) is 69.2 Å². The first-order valence-corrected chi connectivity index (χ1v) is 9.84. The van der Waals surface area contributed by atoms with E-state index in [1.54, 1.807) is 0 Å². The van der Waals surface area contributed by atoms with Gasteiger partial charge in [0.1, 0.15) is 0 Å². The molecule has 26 heavy (non-hydrogen) atoms. The van der Waals surface area contributed by atoms with Crippen molar-refractivity contribution in [1.29, 1.82) is 0 Å². The van der Waals surface area contributed by atoms with Crippen LogP contribution >= 0.6 is 0 Å². The van der Waals surface area contributed by atoms with E-state index in [-0.39, 0.29) is 34.0 Å². The highest BCUT2D eigenvalue weighted by Crippen LogP contribution is 2.07. The zero-order valence-electron chi connectivity index (χ0n) is 16.3. The molecule has 0 atom stereocenters. The van der Waals surface area contributed by atoms with Gasteiger partial charge in [0.25, 0.3) is 0 Å². The molecule has 0 N–H and O–H groups in total. The topological polar surface area (TPSA) is 7.76 Å². The molecule has 2 rings (SSSR count). The first-order valence-electron chi connectivity index (χ1n) is 9.84. The number of hydrogen-bond donors (Lipinski definition) is 0. The van der Waals surface area contributed by atoms with E-state index in [9.17, 15) is 0 Å². The number of unbranched alkanes of at least 4 members (excludes halogenated alkanes) is 6. The predicted octanol–water partition coefficient (Wildman–Crippen LogP) is -1.04. The number of halogens is 2. The molecule has 0 saturated carbocycles. The van der Waals surface area contributed by atoms with Gasteiger partial charge in [0.05, 0.1) is 6.07 Å². The summed E-state index contributed by atoms with van der Waals surface area (Å²) in [5, 5.41) is 0. The molecule has 0 fully saturated rings. The van der Waals surface area contributed by atoms with Gasteiger partial charge in [-0.25, -0.2) is 0 Å². The van der Waals surface area contributed by atoms with Crippen LogP contribution in [0.15, 0.2) is 48.9 Å². The lowest BCUT2D eigenvalue weighted by Gasteiger charge is -2.02. The number of aromatic nitrogens is 2. The van der Waals surface area contributed by atoms with Gasteiger partial charge in [-0.3, -0.25) is 0 Å². The normalized spacial score (nSPS) is 10.1. The Labute approximate surface area is 181 Å². The van der Waals surface area contributed by atoms with Crippen molar-refractivity contribution in [3.63, 3.8) is 0 Å². The molecular weight excluding hydrogens is 452 g/mol. The summed E-state index contributed by atoms with van der Waals surface area (Å²) in [5.41, 5.74) is 1.44. The van der Waals surface area contributed by atoms with Gasteiger partial charge < -0.3 is 34.0 Å². The second kappa shape index (κ2) is 15.3. The van der Waals surface area contributed by atoms with Crippen LogP contribution in [0, 0.1) is 0 Å². The molecule has 2 aromatic rings. The molecule has 0 bridgehead atoms. The van der Waals surface area contributed by atoms with Crippen molar-refractivity contribution in [3.05, 3.63) is 54.5 Å². The first-order chi connectivity index (χ1) is 11.8. The molecule has 2 aromatic heterocycles. The summed E-state index contributed by atoms with van der Waals surface area (Å²) in [6, 6.07) is 10.9. The zero-order chi connectivity index (χ0) is 17.0. The third kappa shape index (κ3) is 8.77. The van der Waals surface area contributed by atoms with E-state index in [4.69, 9.17) is 0 Å². The van der Waals surface area contributed by atoms with Gasteiger partial charge in [-0.1, -0.05) is 46.0 Å². The van der Waals surface area contributed by atoms with Gasteiger partial charge >= 0.3 is 5.82 Å². The smallest absolute Gasteiger partial charge is 0.449 e. The lowest BCUT2D eigenvalue weighted by molar-refractivity contribution is -0.792. The van der Waals surface area contributed by atoms with Crippen molar-refractivity contribution in [2.45, 2.75) is 78.2 Å². The fourth-order valence-corrected chi connectivity index (χ4v) is 3.17. The van der Waals surface area contributed by atoms with Crippen molar-refractivity contribution in [3.8, 4) is 5.82 Å². The second-order valence-corrected chi connectivity index (χ2v) is 6.74. The van der Waals surface area contributed by atoms with Crippen molar-refractivity contribution in [2.75, 3.05) is 0 Å². The SMILES string of the molecule is CCCCCCc1ccc[n+](-c2cccc[n+]2CCCCCC)c1.[Br-].[Br-]. The summed E-state index contributed by atoms with van der Waals surface area (Å²) in [6.45, 7) is 5.64. The van der Waals surface area contributed by atoms with Gasteiger partial charge in [-0.05, 0) is 31.4 Å². The molecule has 0 aromatic carbocycles. The van der Waals surface area contributed by atoms with Crippen LogP contribution in [-0.4, -0.2) is 0 Å². The van der Waals surface area contributed by atoms with Crippen LogP contribution in [0.3, 0.4) is 0 Å². The zero-order valence-corrected chi connectivity index (χ0v) is 19.5.